The van der Waals surface area contributed by atoms with E-state index in [0.717, 1.165) is 48.2 Å². The molecule has 1 N–H and O–H groups in total. The number of aryl methyl sites for hydroxylation is 1. The predicted octanol–water partition coefficient (Wildman–Crippen LogP) is 2.50. The Hall–Kier alpha value is -2.83. The first-order valence-corrected chi connectivity index (χ1v) is 9.17. The van der Waals surface area contributed by atoms with Crippen molar-refractivity contribution < 1.29 is 4.74 Å². The van der Waals surface area contributed by atoms with E-state index in [9.17, 15) is 0 Å². The number of guanidine groups is 1. The van der Waals surface area contributed by atoms with Crippen molar-refractivity contribution in [3.8, 4) is 5.75 Å². The quantitative estimate of drug-likeness (QED) is 0.417. The van der Waals surface area contributed by atoms with E-state index in [4.69, 9.17) is 4.74 Å². The third-order valence-electron chi connectivity index (χ3n) is 4.11. The van der Waals surface area contributed by atoms with Crippen LogP contribution in [-0.4, -0.2) is 52.9 Å². The number of aromatic nitrogens is 3. The number of rotatable bonds is 9. The molecule has 27 heavy (non-hydrogen) atoms. The molecule has 0 bridgehead atoms. The number of para-hydroxylation sites is 1. The van der Waals surface area contributed by atoms with Gasteiger partial charge in [0.2, 0.25) is 0 Å². The Labute approximate surface area is 161 Å². The maximum atomic E-state index is 5.46. The number of hydrogen-bond acceptors (Lipinski definition) is 4. The van der Waals surface area contributed by atoms with Gasteiger partial charge in [0, 0.05) is 38.7 Å². The average molecular weight is 371 g/mol. The molecule has 0 unspecified atom stereocenters. The molecule has 0 saturated carbocycles. The fourth-order valence-corrected chi connectivity index (χ4v) is 2.71. The molecule has 1 aromatic carbocycles. The van der Waals surface area contributed by atoms with Crippen LogP contribution >= 0.6 is 0 Å². The van der Waals surface area contributed by atoms with Crippen LogP contribution in [-0.2, 0) is 19.5 Å². The predicted molar refractivity (Wildman–Crippen MR) is 109 cm³/mol. The normalized spacial score (nSPS) is 11.3. The van der Waals surface area contributed by atoms with Crippen LogP contribution < -0.4 is 10.1 Å². The van der Waals surface area contributed by atoms with Crippen molar-refractivity contribution >= 4 is 5.96 Å². The minimum absolute atomic E-state index is 0.589. The number of nitrogens with zero attached hydrogens (tertiary/aromatic N) is 5. The summed E-state index contributed by atoms with van der Waals surface area (Å²) in [6.07, 6.45) is 2.63. The summed E-state index contributed by atoms with van der Waals surface area (Å²) in [4.78, 5) is 6.78. The Balaban J connectivity index is 2.04. The van der Waals surface area contributed by atoms with Crippen molar-refractivity contribution in [2.24, 2.45) is 4.99 Å². The van der Waals surface area contributed by atoms with E-state index in [1.165, 1.54) is 0 Å². The lowest BCUT2D eigenvalue weighted by atomic mass is 10.2. The maximum absolute atomic E-state index is 5.46. The molecule has 0 amide bonds. The molecule has 0 atom stereocenters. The van der Waals surface area contributed by atoms with Crippen LogP contribution in [0.25, 0.3) is 0 Å². The van der Waals surface area contributed by atoms with Crippen molar-refractivity contribution in [2.45, 2.75) is 33.4 Å². The molecule has 1 heterocycles. The Kier molecular flexibility index (Phi) is 7.85. The van der Waals surface area contributed by atoms with Gasteiger partial charge in [0.15, 0.2) is 5.96 Å². The average Bonchev–Trinajstić information content (AvgIpc) is 3.12. The van der Waals surface area contributed by atoms with Gasteiger partial charge in [-0.15, -0.1) is 10.2 Å². The van der Waals surface area contributed by atoms with Crippen molar-refractivity contribution in [1.29, 1.82) is 0 Å². The first kappa shape index (κ1) is 20.5. The molecule has 0 aliphatic rings. The highest BCUT2D eigenvalue weighted by Gasteiger charge is 2.11. The Morgan fingerprint density at radius 2 is 2.15 bits per heavy atom. The zero-order chi connectivity index (χ0) is 19.6. The molecule has 0 radical (unpaired) electrons. The first-order chi connectivity index (χ1) is 13.0. The molecular weight excluding hydrogens is 340 g/mol. The molecule has 2 rings (SSSR count). The molecule has 7 nitrogen and oxygen atoms in total. The van der Waals surface area contributed by atoms with Crippen molar-refractivity contribution in [1.82, 2.24) is 25.0 Å². The molecule has 146 valence electrons. The second-order valence-corrected chi connectivity index (χ2v) is 6.49. The summed E-state index contributed by atoms with van der Waals surface area (Å²) >= 11 is 0. The minimum atomic E-state index is 0.589. The van der Waals surface area contributed by atoms with Crippen molar-refractivity contribution in [3.05, 3.63) is 54.1 Å². The Bertz CT molecular complexity index is 767. The third-order valence-corrected chi connectivity index (χ3v) is 4.11. The summed E-state index contributed by atoms with van der Waals surface area (Å²) in [6, 6.07) is 8.03. The van der Waals surface area contributed by atoms with Gasteiger partial charge in [-0.2, -0.15) is 0 Å². The zero-order valence-electron chi connectivity index (χ0n) is 16.8. The lowest BCUT2D eigenvalue weighted by Gasteiger charge is -2.23. The summed E-state index contributed by atoms with van der Waals surface area (Å²) < 4.78 is 7.52. The topological polar surface area (TPSA) is 67.6 Å². The molecular formula is C20H30N6O. The van der Waals surface area contributed by atoms with Crippen LogP contribution in [0.15, 0.2) is 47.7 Å². The lowest BCUT2D eigenvalue weighted by molar-refractivity contribution is 0.395. The van der Waals surface area contributed by atoms with E-state index in [0.29, 0.717) is 13.1 Å². The smallest absolute Gasteiger partial charge is 0.194 e. The fourth-order valence-electron chi connectivity index (χ4n) is 2.71. The van der Waals surface area contributed by atoms with E-state index in [1.54, 1.807) is 13.4 Å². The molecule has 0 saturated heterocycles. The number of nitrogens with one attached hydrogen (secondary N) is 1. The van der Waals surface area contributed by atoms with E-state index in [1.807, 2.05) is 32.2 Å². The summed E-state index contributed by atoms with van der Waals surface area (Å²) in [7, 11) is 3.71. The van der Waals surface area contributed by atoms with Crippen LogP contribution in [0, 0.1) is 0 Å². The van der Waals surface area contributed by atoms with Gasteiger partial charge in [-0.25, -0.2) is 4.99 Å². The molecule has 0 spiro atoms. The van der Waals surface area contributed by atoms with Gasteiger partial charge in [-0.1, -0.05) is 37.3 Å². The standard InChI is InChI=1S/C20H30N6O/c1-6-19-24-23-15-26(19)12-11-21-20(22-13-16(2)3)25(4)14-17-9-7-8-10-18(17)27-5/h7-10,15H,2,6,11-14H2,1,3-5H3,(H,21,22). The lowest BCUT2D eigenvalue weighted by Crippen LogP contribution is -2.40. The van der Waals surface area contributed by atoms with Crippen molar-refractivity contribution in [3.63, 3.8) is 0 Å². The largest absolute Gasteiger partial charge is 0.496 e. The van der Waals surface area contributed by atoms with Crippen LogP contribution in [0.3, 0.4) is 0 Å². The Morgan fingerprint density at radius 1 is 1.37 bits per heavy atom. The molecule has 0 aliphatic heterocycles. The number of aliphatic imine (C=N–C) groups is 1. The highest BCUT2D eigenvalue weighted by atomic mass is 16.5. The molecule has 0 fully saturated rings. The number of hydrogen-bond donors (Lipinski definition) is 1. The summed E-state index contributed by atoms with van der Waals surface area (Å²) in [5.41, 5.74) is 2.13. The van der Waals surface area contributed by atoms with Gasteiger partial charge in [0.1, 0.15) is 17.9 Å². The van der Waals surface area contributed by atoms with Crippen LogP contribution in [0.1, 0.15) is 25.2 Å². The second kappa shape index (κ2) is 10.4. The van der Waals surface area contributed by atoms with E-state index in [-0.39, 0.29) is 0 Å². The fraction of sp³-hybridized carbons (Fsp3) is 0.450. The van der Waals surface area contributed by atoms with Gasteiger partial charge in [-0.05, 0) is 13.0 Å². The van der Waals surface area contributed by atoms with Crippen LogP contribution in [0.5, 0.6) is 5.75 Å². The molecule has 2 aromatic rings. The summed E-state index contributed by atoms with van der Waals surface area (Å²) in [5.74, 6) is 2.69. The van der Waals surface area contributed by atoms with E-state index >= 15 is 0 Å². The number of benzene rings is 1. The molecule has 0 aliphatic carbocycles. The first-order valence-electron chi connectivity index (χ1n) is 9.17. The summed E-state index contributed by atoms with van der Waals surface area (Å²) in [6.45, 7) is 10.8. The minimum Gasteiger partial charge on any atom is -0.496 e. The van der Waals surface area contributed by atoms with Crippen molar-refractivity contribution in [2.75, 3.05) is 27.2 Å². The zero-order valence-corrected chi connectivity index (χ0v) is 16.8. The third kappa shape index (κ3) is 6.13. The highest BCUT2D eigenvalue weighted by Crippen LogP contribution is 2.18. The maximum Gasteiger partial charge on any atom is 0.194 e. The molecule has 7 heteroatoms. The van der Waals surface area contributed by atoms with Gasteiger partial charge in [0.25, 0.3) is 0 Å². The van der Waals surface area contributed by atoms with Gasteiger partial charge in [-0.3, -0.25) is 0 Å². The second-order valence-electron chi connectivity index (χ2n) is 6.49. The Morgan fingerprint density at radius 3 is 2.85 bits per heavy atom. The van der Waals surface area contributed by atoms with Crippen LogP contribution in [0.2, 0.25) is 0 Å². The molecule has 1 aromatic heterocycles. The SMILES string of the molecule is C=C(C)CN=C(NCCn1cnnc1CC)N(C)Cc1ccccc1OC. The summed E-state index contributed by atoms with van der Waals surface area (Å²) in [5, 5.41) is 11.5. The monoisotopic (exact) mass is 370 g/mol. The van der Waals surface area contributed by atoms with Gasteiger partial charge in [0.05, 0.1) is 13.7 Å². The van der Waals surface area contributed by atoms with Crippen LogP contribution in [0.4, 0.5) is 0 Å². The number of ether oxygens (including phenoxy) is 1. The van der Waals surface area contributed by atoms with E-state index < -0.39 is 0 Å². The van der Waals surface area contributed by atoms with Gasteiger partial charge < -0.3 is 19.5 Å². The number of methoxy groups -OCH3 is 1. The highest BCUT2D eigenvalue weighted by molar-refractivity contribution is 5.80. The van der Waals surface area contributed by atoms with E-state index in [2.05, 4.69) is 49.5 Å². The van der Waals surface area contributed by atoms with Gasteiger partial charge >= 0.3 is 0 Å².